The van der Waals surface area contributed by atoms with E-state index in [9.17, 15) is 0 Å². The molecule has 0 N–H and O–H groups in total. The Kier molecular flexibility index (Phi) is 8.94. The standard InChI is InChI=1S/C51H35N3/c1-5-15-36(16-6-1)39-25-29-42(30-26-39)49-52-50(43-31-27-40(28-32-43)37-17-7-2-8-18-37)54-51(53-49)46-34-44(38-19-9-3-10-20-38)33-45(35-46)48-24-14-13-23-47(48)41-21-11-4-12-22-41/h1-35H. The quantitative estimate of drug-likeness (QED) is 0.159. The molecule has 0 bridgehead atoms. The van der Waals surface area contributed by atoms with E-state index in [1.54, 1.807) is 0 Å². The monoisotopic (exact) mass is 689 g/mol. The van der Waals surface area contributed by atoms with Crippen molar-refractivity contribution in [3.8, 4) is 89.8 Å². The van der Waals surface area contributed by atoms with Crippen molar-refractivity contribution in [2.24, 2.45) is 0 Å². The summed E-state index contributed by atoms with van der Waals surface area (Å²) in [6, 6.07) is 74.1. The van der Waals surface area contributed by atoms with Gasteiger partial charge in [0.05, 0.1) is 0 Å². The van der Waals surface area contributed by atoms with Crippen LogP contribution in [0.25, 0.3) is 89.8 Å². The van der Waals surface area contributed by atoms with Crippen molar-refractivity contribution >= 4 is 0 Å². The molecule has 1 heterocycles. The van der Waals surface area contributed by atoms with E-state index in [0.29, 0.717) is 17.5 Å². The molecule has 0 aliphatic heterocycles. The molecule has 3 heteroatoms. The predicted octanol–water partition coefficient (Wildman–Crippen LogP) is 13.2. The summed E-state index contributed by atoms with van der Waals surface area (Å²) < 4.78 is 0. The average Bonchev–Trinajstić information content (AvgIpc) is 3.27. The minimum Gasteiger partial charge on any atom is -0.208 e. The maximum Gasteiger partial charge on any atom is 0.164 e. The molecule has 254 valence electrons. The van der Waals surface area contributed by atoms with E-state index in [1.807, 2.05) is 12.1 Å². The lowest BCUT2D eigenvalue weighted by molar-refractivity contribution is 1.07. The second-order valence-electron chi connectivity index (χ2n) is 13.3. The second-order valence-corrected chi connectivity index (χ2v) is 13.3. The molecule has 8 aromatic carbocycles. The zero-order valence-electron chi connectivity index (χ0n) is 29.5. The molecule has 0 saturated heterocycles. The van der Waals surface area contributed by atoms with Crippen molar-refractivity contribution < 1.29 is 0 Å². The van der Waals surface area contributed by atoms with Crippen molar-refractivity contribution in [1.29, 1.82) is 0 Å². The van der Waals surface area contributed by atoms with Gasteiger partial charge in [-0.3, -0.25) is 0 Å². The van der Waals surface area contributed by atoms with Gasteiger partial charge in [-0.25, -0.2) is 15.0 Å². The van der Waals surface area contributed by atoms with Gasteiger partial charge in [0.1, 0.15) is 0 Å². The first kappa shape index (κ1) is 32.7. The first-order valence-corrected chi connectivity index (χ1v) is 18.2. The summed E-state index contributed by atoms with van der Waals surface area (Å²) >= 11 is 0. The first-order valence-electron chi connectivity index (χ1n) is 18.2. The highest BCUT2D eigenvalue weighted by atomic mass is 15.0. The largest absolute Gasteiger partial charge is 0.208 e. The lowest BCUT2D eigenvalue weighted by atomic mass is 9.91. The van der Waals surface area contributed by atoms with Crippen LogP contribution < -0.4 is 0 Å². The Bertz CT molecular complexity index is 2550. The molecular formula is C51H35N3. The van der Waals surface area contributed by atoms with Gasteiger partial charge in [0.25, 0.3) is 0 Å². The van der Waals surface area contributed by atoms with E-state index in [2.05, 4.69) is 200 Å². The molecule has 0 atom stereocenters. The van der Waals surface area contributed by atoms with Gasteiger partial charge in [-0.05, 0) is 73.8 Å². The van der Waals surface area contributed by atoms with Gasteiger partial charge in [0.2, 0.25) is 0 Å². The van der Waals surface area contributed by atoms with Crippen LogP contribution in [-0.4, -0.2) is 15.0 Å². The highest BCUT2D eigenvalue weighted by Gasteiger charge is 2.17. The van der Waals surface area contributed by atoms with E-state index in [1.165, 1.54) is 22.3 Å². The lowest BCUT2D eigenvalue weighted by Crippen LogP contribution is -2.01. The summed E-state index contributed by atoms with van der Waals surface area (Å²) in [5, 5.41) is 0. The van der Waals surface area contributed by atoms with Crippen LogP contribution in [0, 0.1) is 0 Å². The molecule has 0 saturated carbocycles. The molecule has 9 aromatic rings. The minimum atomic E-state index is 0.616. The molecule has 0 fully saturated rings. The number of aromatic nitrogens is 3. The van der Waals surface area contributed by atoms with Crippen LogP contribution in [0.3, 0.4) is 0 Å². The van der Waals surface area contributed by atoms with Gasteiger partial charge in [-0.1, -0.05) is 194 Å². The van der Waals surface area contributed by atoms with Gasteiger partial charge < -0.3 is 0 Å². The van der Waals surface area contributed by atoms with Crippen molar-refractivity contribution in [3.05, 3.63) is 212 Å². The Balaban J connectivity index is 1.22. The van der Waals surface area contributed by atoms with Crippen LogP contribution in [0.2, 0.25) is 0 Å². The Morgan fingerprint density at radius 1 is 0.185 bits per heavy atom. The van der Waals surface area contributed by atoms with E-state index < -0.39 is 0 Å². The average molecular weight is 690 g/mol. The van der Waals surface area contributed by atoms with Crippen LogP contribution in [0.1, 0.15) is 0 Å². The molecule has 9 rings (SSSR count). The van der Waals surface area contributed by atoms with E-state index >= 15 is 0 Å². The predicted molar refractivity (Wildman–Crippen MR) is 223 cm³/mol. The molecule has 54 heavy (non-hydrogen) atoms. The van der Waals surface area contributed by atoms with Crippen LogP contribution in [0.4, 0.5) is 0 Å². The van der Waals surface area contributed by atoms with Crippen molar-refractivity contribution in [1.82, 2.24) is 15.0 Å². The third kappa shape index (κ3) is 6.87. The number of hydrogen-bond donors (Lipinski definition) is 0. The van der Waals surface area contributed by atoms with Gasteiger partial charge in [0, 0.05) is 16.7 Å². The number of rotatable bonds is 8. The summed E-state index contributed by atoms with van der Waals surface area (Å²) in [6.07, 6.45) is 0. The maximum atomic E-state index is 5.19. The molecule has 0 unspecified atom stereocenters. The second kappa shape index (κ2) is 14.8. The van der Waals surface area contributed by atoms with Gasteiger partial charge in [-0.15, -0.1) is 0 Å². The molecule has 0 aliphatic rings. The molecule has 0 aliphatic carbocycles. The highest BCUT2D eigenvalue weighted by molar-refractivity contribution is 5.88. The van der Waals surface area contributed by atoms with E-state index in [-0.39, 0.29) is 0 Å². The fourth-order valence-corrected chi connectivity index (χ4v) is 6.96. The van der Waals surface area contributed by atoms with Gasteiger partial charge >= 0.3 is 0 Å². The summed E-state index contributed by atoms with van der Waals surface area (Å²) in [5.41, 5.74) is 14.2. The normalized spacial score (nSPS) is 11.0. The Hall–Kier alpha value is -7.23. The smallest absolute Gasteiger partial charge is 0.164 e. The zero-order valence-corrected chi connectivity index (χ0v) is 29.5. The number of nitrogens with zero attached hydrogens (tertiary/aromatic N) is 3. The molecule has 0 spiro atoms. The van der Waals surface area contributed by atoms with Crippen molar-refractivity contribution in [3.63, 3.8) is 0 Å². The summed E-state index contributed by atoms with van der Waals surface area (Å²) in [5.74, 6) is 1.86. The van der Waals surface area contributed by atoms with Crippen LogP contribution >= 0.6 is 0 Å². The van der Waals surface area contributed by atoms with Crippen LogP contribution in [-0.2, 0) is 0 Å². The number of hydrogen-bond acceptors (Lipinski definition) is 3. The summed E-state index contributed by atoms with van der Waals surface area (Å²) in [4.78, 5) is 15.5. The van der Waals surface area contributed by atoms with E-state index in [4.69, 9.17) is 15.0 Å². The third-order valence-corrected chi connectivity index (χ3v) is 9.76. The molecule has 0 amide bonds. The number of benzene rings is 8. The van der Waals surface area contributed by atoms with E-state index in [0.717, 1.165) is 50.1 Å². The summed E-state index contributed by atoms with van der Waals surface area (Å²) in [7, 11) is 0. The van der Waals surface area contributed by atoms with Crippen molar-refractivity contribution in [2.45, 2.75) is 0 Å². The fourth-order valence-electron chi connectivity index (χ4n) is 6.96. The summed E-state index contributed by atoms with van der Waals surface area (Å²) in [6.45, 7) is 0. The topological polar surface area (TPSA) is 38.7 Å². The first-order chi connectivity index (χ1) is 26.7. The Labute approximate surface area is 316 Å². The Morgan fingerprint density at radius 3 is 0.907 bits per heavy atom. The molecule has 0 radical (unpaired) electrons. The lowest BCUT2D eigenvalue weighted by Gasteiger charge is -2.15. The zero-order chi connectivity index (χ0) is 36.1. The van der Waals surface area contributed by atoms with Gasteiger partial charge in [-0.2, -0.15) is 0 Å². The highest BCUT2D eigenvalue weighted by Crippen LogP contribution is 2.38. The van der Waals surface area contributed by atoms with Gasteiger partial charge in [0.15, 0.2) is 17.5 Å². The molecular weight excluding hydrogens is 655 g/mol. The maximum absolute atomic E-state index is 5.19. The Morgan fingerprint density at radius 2 is 0.463 bits per heavy atom. The van der Waals surface area contributed by atoms with Crippen molar-refractivity contribution in [2.75, 3.05) is 0 Å². The van der Waals surface area contributed by atoms with Crippen LogP contribution in [0.5, 0.6) is 0 Å². The third-order valence-electron chi connectivity index (χ3n) is 9.76. The molecule has 1 aromatic heterocycles. The van der Waals surface area contributed by atoms with Crippen LogP contribution in [0.15, 0.2) is 212 Å². The minimum absolute atomic E-state index is 0.616. The SMILES string of the molecule is c1ccc(-c2ccc(-c3nc(-c4ccc(-c5ccccc5)cc4)nc(-c4cc(-c5ccccc5)cc(-c5ccccc5-c5ccccc5)c4)n3)cc2)cc1. The molecule has 3 nitrogen and oxygen atoms in total. The fraction of sp³-hybridized carbons (Fsp3) is 0.